The summed E-state index contributed by atoms with van der Waals surface area (Å²) in [6, 6.07) is 4.34. The Bertz CT molecular complexity index is 579. The molecule has 1 aromatic carbocycles. The van der Waals surface area contributed by atoms with Gasteiger partial charge in [-0.15, -0.1) is 0 Å². The number of halogens is 1. The fourth-order valence-electron chi connectivity index (χ4n) is 1.53. The van der Waals surface area contributed by atoms with Gasteiger partial charge >= 0.3 is 5.97 Å². The topological polar surface area (TPSA) is 68.0 Å². The summed E-state index contributed by atoms with van der Waals surface area (Å²) in [7, 11) is 0. The van der Waals surface area contributed by atoms with Crippen molar-refractivity contribution in [2.75, 3.05) is 0 Å². The third kappa shape index (κ3) is 3.24. The molecule has 0 radical (unpaired) electrons. The van der Waals surface area contributed by atoms with E-state index in [1.165, 1.54) is 30.9 Å². The molecule has 0 saturated heterocycles. The van der Waals surface area contributed by atoms with E-state index in [1.807, 2.05) is 0 Å². The first kappa shape index (κ1) is 12.0. The van der Waals surface area contributed by atoms with E-state index in [1.54, 1.807) is 10.7 Å². The molecule has 0 fully saturated rings. The molecular formula is C12H10FN3O2. The lowest BCUT2D eigenvalue weighted by Gasteiger charge is -2.03. The van der Waals surface area contributed by atoms with Gasteiger partial charge in [-0.1, -0.05) is 0 Å². The van der Waals surface area contributed by atoms with Gasteiger partial charge < -0.3 is 5.11 Å². The highest BCUT2D eigenvalue weighted by Crippen LogP contribution is 2.12. The number of aromatic nitrogens is 3. The maximum Gasteiger partial charge on any atom is 0.328 e. The van der Waals surface area contributed by atoms with E-state index in [0.717, 1.165) is 6.08 Å². The number of carboxylic acid groups (broad SMARTS) is 1. The smallest absolute Gasteiger partial charge is 0.328 e. The fraction of sp³-hybridized carbons (Fsp3) is 0.0833. The van der Waals surface area contributed by atoms with Crippen molar-refractivity contribution in [1.29, 1.82) is 0 Å². The molecular weight excluding hydrogens is 237 g/mol. The van der Waals surface area contributed by atoms with Crippen LogP contribution in [0.3, 0.4) is 0 Å². The zero-order chi connectivity index (χ0) is 13.0. The molecule has 0 aliphatic carbocycles. The van der Waals surface area contributed by atoms with Crippen molar-refractivity contribution in [3.05, 3.63) is 53.9 Å². The van der Waals surface area contributed by atoms with Gasteiger partial charge in [-0.2, -0.15) is 5.10 Å². The van der Waals surface area contributed by atoms with Crippen molar-refractivity contribution < 1.29 is 14.3 Å². The number of nitrogens with zero attached hydrogens (tertiary/aromatic N) is 3. The summed E-state index contributed by atoms with van der Waals surface area (Å²) in [5.74, 6) is -1.49. The molecule has 1 N–H and O–H groups in total. The number of benzene rings is 1. The number of carboxylic acids is 1. The molecule has 2 aromatic rings. The van der Waals surface area contributed by atoms with Crippen molar-refractivity contribution >= 4 is 12.0 Å². The first-order valence-electron chi connectivity index (χ1n) is 5.16. The largest absolute Gasteiger partial charge is 0.478 e. The second-order valence-corrected chi connectivity index (χ2v) is 3.66. The number of aliphatic carboxylic acids is 1. The van der Waals surface area contributed by atoms with Gasteiger partial charge in [-0.25, -0.2) is 18.9 Å². The molecule has 18 heavy (non-hydrogen) atoms. The van der Waals surface area contributed by atoms with Gasteiger partial charge in [0.05, 0.1) is 6.54 Å². The summed E-state index contributed by atoms with van der Waals surface area (Å²) < 4.78 is 14.9. The third-order valence-corrected chi connectivity index (χ3v) is 2.21. The van der Waals surface area contributed by atoms with Crippen molar-refractivity contribution in [3.8, 4) is 0 Å². The number of hydrogen-bond donors (Lipinski definition) is 1. The molecule has 0 spiro atoms. The maximum atomic E-state index is 13.4. The van der Waals surface area contributed by atoms with E-state index >= 15 is 0 Å². The quantitative estimate of drug-likeness (QED) is 0.832. The van der Waals surface area contributed by atoms with Crippen molar-refractivity contribution in [2.45, 2.75) is 6.54 Å². The normalized spacial score (nSPS) is 10.9. The van der Waals surface area contributed by atoms with E-state index in [0.29, 0.717) is 17.7 Å². The minimum Gasteiger partial charge on any atom is -0.478 e. The fourth-order valence-corrected chi connectivity index (χ4v) is 1.53. The lowest BCUT2D eigenvalue weighted by Crippen LogP contribution is -2.00. The molecule has 5 nitrogen and oxygen atoms in total. The van der Waals surface area contributed by atoms with Crippen molar-refractivity contribution in [2.24, 2.45) is 0 Å². The highest BCUT2D eigenvalue weighted by Gasteiger charge is 2.01. The summed E-state index contributed by atoms with van der Waals surface area (Å²) in [5.41, 5.74) is 1.18. The van der Waals surface area contributed by atoms with Crippen LogP contribution < -0.4 is 0 Å². The van der Waals surface area contributed by atoms with Crippen molar-refractivity contribution in [3.63, 3.8) is 0 Å². The molecule has 1 aromatic heterocycles. The van der Waals surface area contributed by atoms with E-state index < -0.39 is 11.8 Å². The lowest BCUT2D eigenvalue weighted by molar-refractivity contribution is -0.131. The summed E-state index contributed by atoms with van der Waals surface area (Å²) >= 11 is 0. The molecule has 92 valence electrons. The summed E-state index contributed by atoms with van der Waals surface area (Å²) in [5, 5.41) is 12.4. The summed E-state index contributed by atoms with van der Waals surface area (Å²) in [6.07, 6.45) is 5.23. The van der Waals surface area contributed by atoms with E-state index in [9.17, 15) is 9.18 Å². The molecule has 0 aliphatic heterocycles. The molecule has 1 heterocycles. The van der Waals surface area contributed by atoms with Crippen LogP contribution in [-0.2, 0) is 11.3 Å². The Morgan fingerprint density at radius 2 is 2.28 bits per heavy atom. The van der Waals surface area contributed by atoms with Crippen LogP contribution in [0.25, 0.3) is 6.08 Å². The molecule has 0 unspecified atom stereocenters. The van der Waals surface area contributed by atoms with Gasteiger partial charge in [0.2, 0.25) is 0 Å². The van der Waals surface area contributed by atoms with E-state index in [4.69, 9.17) is 5.11 Å². The molecule has 0 bridgehead atoms. The zero-order valence-corrected chi connectivity index (χ0v) is 9.32. The Morgan fingerprint density at radius 1 is 1.44 bits per heavy atom. The second-order valence-electron chi connectivity index (χ2n) is 3.66. The van der Waals surface area contributed by atoms with Crippen LogP contribution in [0.1, 0.15) is 11.1 Å². The SMILES string of the molecule is O=C(O)C=Cc1cc(F)cc(Cn2cncn2)c1. The van der Waals surface area contributed by atoms with Crippen LogP contribution in [0.4, 0.5) is 4.39 Å². The molecule has 0 saturated carbocycles. The van der Waals surface area contributed by atoms with Crippen LogP contribution in [-0.4, -0.2) is 25.8 Å². The van der Waals surface area contributed by atoms with Gasteiger partial charge in [0.15, 0.2) is 0 Å². The standard InChI is InChI=1S/C12H10FN3O2/c13-11-4-9(1-2-12(17)18)3-10(5-11)6-16-8-14-7-15-16/h1-5,7-8H,6H2,(H,17,18). The summed E-state index contributed by atoms with van der Waals surface area (Å²) in [4.78, 5) is 14.2. The Labute approximate surface area is 102 Å². The van der Waals surface area contributed by atoms with E-state index in [2.05, 4.69) is 10.1 Å². The van der Waals surface area contributed by atoms with Crippen LogP contribution in [0.15, 0.2) is 36.9 Å². The van der Waals surface area contributed by atoms with Crippen LogP contribution in [0, 0.1) is 5.82 Å². The number of hydrogen-bond acceptors (Lipinski definition) is 3. The average Bonchev–Trinajstić information content (AvgIpc) is 2.78. The molecule has 0 aliphatic rings. The second kappa shape index (κ2) is 5.22. The van der Waals surface area contributed by atoms with Crippen LogP contribution in [0.5, 0.6) is 0 Å². The Morgan fingerprint density at radius 3 is 2.94 bits per heavy atom. The van der Waals surface area contributed by atoms with Crippen LogP contribution >= 0.6 is 0 Å². The first-order chi connectivity index (χ1) is 8.63. The van der Waals surface area contributed by atoms with Gasteiger partial charge in [-0.3, -0.25) is 0 Å². The minimum atomic E-state index is -1.07. The molecule has 0 amide bonds. The predicted octanol–water partition coefficient (Wildman–Crippen LogP) is 1.56. The molecule has 6 heteroatoms. The number of rotatable bonds is 4. The third-order valence-electron chi connectivity index (χ3n) is 2.21. The Kier molecular flexibility index (Phi) is 3.47. The Balaban J connectivity index is 2.23. The first-order valence-corrected chi connectivity index (χ1v) is 5.16. The summed E-state index contributed by atoms with van der Waals surface area (Å²) in [6.45, 7) is 0.381. The maximum absolute atomic E-state index is 13.4. The van der Waals surface area contributed by atoms with E-state index in [-0.39, 0.29) is 0 Å². The highest BCUT2D eigenvalue weighted by atomic mass is 19.1. The lowest BCUT2D eigenvalue weighted by atomic mass is 10.1. The average molecular weight is 247 g/mol. The monoisotopic (exact) mass is 247 g/mol. The minimum absolute atomic E-state index is 0.381. The van der Waals surface area contributed by atoms with Gasteiger partial charge in [-0.05, 0) is 35.4 Å². The molecule has 2 rings (SSSR count). The van der Waals surface area contributed by atoms with Gasteiger partial charge in [0.25, 0.3) is 0 Å². The van der Waals surface area contributed by atoms with Gasteiger partial charge in [0, 0.05) is 6.08 Å². The number of carbonyl (C=O) groups is 1. The Hall–Kier alpha value is -2.50. The molecule has 0 atom stereocenters. The predicted molar refractivity (Wildman–Crippen MR) is 62.2 cm³/mol. The van der Waals surface area contributed by atoms with Crippen molar-refractivity contribution in [1.82, 2.24) is 14.8 Å². The zero-order valence-electron chi connectivity index (χ0n) is 9.32. The highest BCUT2D eigenvalue weighted by molar-refractivity contribution is 5.85. The van der Waals surface area contributed by atoms with Crippen LogP contribution in [0.2, 0.25) is 0 Å². The van der Waals surface area contributed by atoms with Gasteiger partial charge in [0.1, 0.15) is 18.5 Å².